The molecule has 0 radical (unpaired) electrons. The minimum absolute atomic E-state index is 0.290. The molecule has 32 heavy (non-hydrogen) atoms. The fraction of sp³-hybridized carbons (Fsp3) is 0.167. The van der Waals surface area contributed by atoms with E-state index in [1.165, 1.54) is 12.3 Å². The van der Waals surface area contributed by atoms with Crippen molar-refractivity contribution in [2.45, 2.75) is 20.5 Å². The largest absolute Gasteiger partial charge is 0.490 e. The van der Waals surface area contributed by atoms with Crippen LogP contribution in [0.25, 0.3) is 0 Å². The summed E-state index contributed by atoms with van der Waals surface area (Å²) in [5, 5.41) is 5.03. The molecule has 1 N–H and O–H groups in total. The van der Waals surface area contributed by atoms with Gasteiger partial charge >= 0.3 is 0 Å². The van der Waals surface area contributed by atoms with Crippen molar-refractivity contribution in [3.8, 4) is 11.5 Å². The third-order valence-corrected chi connectivity index (χ3v) is 5.55. The van der Waals surface area contributed by atoms with E-state index in [0.717, 1.165) is 11.1 Å². The Morgan fingerprint density at radius 2 is 1.78 bits per heavy atom. The number of hydrogen-bond donors (Lipinski definition) is 1. The minimum Gasteiger partial charge on any atom is -0.490 e. The highest BCUT2D eigenvalue weighted by Crippen LogP contribution is 2.37. The number of nitrogens with one attached hydrogen (secondary N) is 1. The molecular weight excluding hydrogens is 471 g/mol. The molecule has 0 unspecified atom stereocenters. The van der Waals surface area contributed by atoms with E-state index in [2.05, 4.69) is 10.5 Å². The number of nitrogens with zero attached hydrogens (tertiary/aromatic N) is 1. The van der Waals surface area contributed by atoms with E-state index in [4.69, 9.17) is 44.3 Å². The molecule has 3 rings (SSSR count). The third kappa shape index (κ3) is 6.16. The first-order valence-corrected chi connectivity index (χ1v) is 10.9. The zero-order valence-electron chi connectivity index (χ0n) is 17.5. The highest BCUT2D eigenvalue weighted by atomic mass is 35.5. The van der Waals surface area contributed by atoms with E-state index in [-0.39, 0.29) is 5.02 Å². The molecule has 3 aromatic rings. The summed E-state index contributed by atoms with van der Waals surface area (Å²) in [4.78, 5) is 12.2. The Kier molecular flexibility index (Phi) is 8.39. The van der Waals surface area contributed by atoms with Gasteiger partial charge in [0.25, 0.3) is 5.91 Å². The van der Waals surface area contributed by atoms with Gasteiger partial charge in [-0.3, -0.25) is 4.79 Å². The van der Waals surface area contributed by atoms with Crippen LogP contribution in [-0.2, 0) is 6.61 Å². The summed E-state index contributed by atoms with van der Waals surface area (Å²) in [6, 6.07) is 16.0. The Bertz CT molecular complexity index is 1150. The van der Waals surface area contributed by atoms with Gasteiger partial charge in [0.1, 0.15) is 6.61 Å². The van der Waals surface area contributed by atoms with E-state index >= 15 is 0 Å². The molecule has 1 amide bonds. The first-order chi connectivity index (χ1) is 15.4. The van der Waals surface area contributed by atoms with Crippen LogP contribution in [0.3, 0.4) is 0 Å². The van der Waals surface area contributed by atoms with Crippen molar-refractivity contribution in [2.24, 2.45) is 5.10 Å². The van der Waals surface area contributed by atoms with Crippen LogP contribution in [-0.4, -0.2) is 18.7 Å². The Balaban J connectivity index is 1.73. The van der Waals surface area contributed by atoms with Crippen molar-refractivity contribution in [3.63, 3.8) is 0 Å². The monoisotopic (exact) mass is 490 g/mol. The molecule has 0 saturated carbocycles. The van der Waals surface area contributed by atoms with Crippen LogP contribution in [0.15, 0.2) is 59.7 Å². The molecule has 0 aliphatic carbocycles. The Morgan fingerprint density at radius 1 is 1.00 bits per heavy atom. The van der Waals surface area contributed by atoms with Gasteiger partial charge in [-0.1, -0.05) is 59.1 Å². The normalized spacial score (nSPS) is 10.9. The van der Waals surface area contributed by atoms with E-state index in [1.54, 1.807) is 24.3 Å². The molecule has 0 aliphatic heterocycles. The van der Waals surface area contributed by atoms with E-state index in [9.17, 15) is 4.79 Å². The minimum atomic E-state index is -0.422. The highest BCUT2D eigenvalue weighted by Gasteiger charge is 2.13. The number of amides is 1. The quantitative estimate of drug-likeness (QED) is 0.282. The van der Waals surface area contributed by atoms with Gasteiger partial charge in [-0.05, 0) is 60.9 Å². The predicted molar refractivity (Wildman–Crippen MR) is 130 cm³/mol. The molecule has 3 aromatic carbocycles. The van der Waals surface area contributed by atoms with Crippen LogP contribution in [0.2, 0.25) is 15.1 Å². The average Bonchev–Trinajstić information content (AvgIpc) is 2.76. The summed E-state index contributed by atoms with van der Waals surface area (Å²) >= 11 is 18.3. The van der Waals surface area contributed by atoms with Crippen LogP contribution in [0.1, 0.15) is 34.0 Å². The number of hydrogen-bond acceptors (Lipinski definition) is 4. The maximum absolute atomic E-state index is 12.2. The first kappa shape index (κ1) is 23.9. The molecule has 0 saturated heterocycles. The second-order valence-electron chi connectivity index (χ2n) is 6.81. The Morgan fingerprint density at radius 3 is 2.50 bits per heavy atom. The second-order valence-corrected chi connectivity index (χ2v) is 8.03. The van der Waals surface area contributed by atoms with Gasteiger partial charge in [-0.2, -0.15) is 5.10 Å². The molecule has 0 atom stereocenters. The van der Waals surface area contributed by atoms with Gasteiger partial charge in [0.05, 0.1) is 27.9 Å². The molecule has 0 aliphatic rings. The summed E-state index contributed by atoms with van der Waals surface area (Å²) < 4.78 is 11.7. The lowest BCUT2D eigenvalue weighted by atomic mass is 10.1. The molecule has 166 valence electrons. The first-order valence-electron chi connectivity index (χ1n) is 9.81. The molecule has 5 nitrogen and oxygen atoms in total. The van der Waals surface area contributed by atoms with Crippen molar-refractivity contribution in [1.82, 2.24) is 5.43 Å². The standard InChI is InChI=1S/C24H21Cl3N2O3/c1-3-31-22-11-16(13-28-29-24(30)17-8-9-19(25)20(26)12-17)10-21(27)23(22)32-14-18-7-5-4-6-15(18)2/h4-13H,3,14H2,1-2H3,(H,29,30)/b28-13-. The number of halogens is 3. The van der Waals surface area contributed by atoms with Gasteiger partial charge in [-0.25, -0.2) is 5.43 Å². The number of aryl methyl sites for hydroxylation is 1. The van der Waals surface area contributed by atoms with E-state index in [0.29, 0.717) is 45.9 Å². The van der Waals surface area contributed by atoms with Crippen LogP contribution in [0, 0.1) is 6.92 Å². The fourth-order valence-electron chi connectivity index (χ4n) is 2.85. The van der Waals surface area contributed by atoms with Crippen LogP contribution in [0.4, 0.5) is 0 Å². The van der Waals surface area contributed by atoms with Crippen LogP contribution < -0.4 is 14.9 Å². The Labute approximate surface area is 201 Å². The van der Waals surface area contributed by atoms with Crippen molar-refractivity contribution in [3.05, 3.63) is 91.9 Å². The molecule has 0 bridgehead atoms. The number of ether oxygens (including phenoxy) is 2. The highest BCUT2D eigenvalue weighted by molar-refractivity contribution is 6.42. The number of carbonyl (C=O) groups excluding carboxylic acids is 1. The predicted octanol–water partition coefficient (Wildman–Crippen LogP) is 6.70. The Hall–Kier alpha value is -2.73. The van der Waals surface area contributed by atoms with E-state index in [1.807, 2.05) is 38.1 Å². The van der Waals surface area contributed by atoms with Gasteiger partial charge in [0.15, 0.2) is 11.5 Å². The lowest BCUT2D eigenvalue weighted by Gasteiger charge is -2.15. The van der Waals surface area contributed by atoms with Gasteiger partial charge in [0, 0.05) is 5.56 Å². The van der Waals surface area contributed by atoms with Gasteiger partial charge < -0.3 is 9.47 Å². The molecular formula is C24H21Cl3N2O3. The lowest BCUT2D eigenvalue weighted by molar-refractivity contribution is 0.0955. The smallest absolute Gasteiger partial charge is 0.271 e. The summed E-state index contributed by atoms with van der Waals surface area (Å²) in [5.74, 6) is 0.522. The number of carbonyl (C=O) groups is 1. The van der Waals surface area contributed by atoms with Crippen LogP contribution in [0.5, 0.6) is 11.5 Å². The molecule has 0 spiro atoms. The van der Waals surface area contributed by atoms with Crippen molar-refractivity contribution >= 4 is 46.9 Å². The maximum atomic E-state index is 12.2. The zero-order valence-corrected chi connectivity index (χ0v) is 19.8. The SMILES string of the molecule is CCOc1cc(/C=N\NC(=O)c2ccc(Cl)c(Cl)c2)cc(Cl)c1OCc1ccccc1C. The van der Waals surface area contributed by atoms with Gasteiger partial charge in [0.2, 0.25) is 0 Å². The topological polar surface area (TPSA) is 59.9 Å². The molecule has 0 heterocycles. The number of rotatable bonds is 8. The summed E-state index contributed by atoms with van der Waals surface area (Å²) in [5.41, 5.74) is 5.60. The summed E-state index contributed by atoms with van der Waals surface area (Å²) in [6.45, 7) is 4.69. The number of benzene rings is 3. The van der Waals surface area contributed by atoms with Crippen molar-refractivity contribution < 1.29 is 14.3 Å². The maximum Gasteiger partial charge on any atom is 0.271 e. The third-order valence-electron chi connectivity index (χ3n) is 4.53. The van der Waals surface area contributed by atoms with E-state index < -0.39 is 5.91 Å². The summed E-state index contributed by atoms with van der Waals surface area (Å²) in [7, 11) is 0. The molecule has 8 heteroatoms. The molecule has 0 fully saturated rings. The van der Waals surface area contributed by atoms with Crippen molar-refractivity contribution in [2.75, 3.05) is 6.61 Å². The zero-order chi connectivity index (χ0) is 23.1. The van der Waals surface area contributed by atoms with Gasteiger partial charge in [-0.15, -0.1) is 0 Å². The molecule has 0 aromatic heterocycles. The van der Waals surface area contributed by atoms with Crippen LogP contribution >= 0.6 is 34.8 Å². The lowest BCUT2D eigenvalue weighted by Crippen LogP contribution is -2.17. The fourth-order valence-corrected chi connectivity index (χ4v) is 3.43. The average molecular weight is 492 g/mol. The second kappa shape index (κ2) is 11.2. The number of hydrazone groups is 1. The summed E-state index contributed by atoms with van der Waals surface area (Å²) in [6.07, 6.45) is 1.47. The van der Waals surface area contributed by atoms with Crippen molar-refractivity contribution in [1.29, 1.82) is 0 Å².